The van der Waals surface area contributed by atoms with Crippen LogP contribution in [-0.4, -0.2) is 53.3 Å². The van der Waals surface area contributed by atoms with Gasteiger partial charge in [0, 0.05) is 19.6 Å². The molecule has 0 amide bonds. The van der Waals surface area contributed by atoms with Gasteiger partial charge in [-0.15, -0.1) is 0 Å². The highest BCUT2D eigenvalue weighted by atomic mass is 19.1. The van der Waals surface area contributed by atoms with E-state index in [1.54, 1.807) is 12.1 Å². The van der Waals surface area contributed by atoms with Crippen LogP contribution in [0.5, 0.6) is 0 Å². The van der Waals surface area contributed by atoms with Crippen molar-refractivity contribution in [2.75, 3.05) is 33.2 Å². The van der Waals surface area contributed by atoms with Crippen LogP contribution >= 0.6 is 0 Å². The smallest absolute Gasteiger partial charge is 0.135 e. The summed E-state index contributed by atoms with van der Waals surface area (Å²) < 4.78 is 17.8. The van der Waals surface area contributed by atoms with Gasteiger partial charge in [0.25, 0.3) is 0 Å². The van der Waals surface area contributed by atoms with E-state index in [-0.39, 0.29) is 5.82 Å². The fourth-order valence-electron chi connectivity index (χ4n) is 4.07. The van der Waals surface area contributed by atoms with Crippen LogP contribution in [0.2, 0.25) is 0 Å². The van der Waals surface area contributed by atoms with E-state index in [0.29, 0.717) is 0 Å². The van der Waals surface area contributed by atoms with Gasteiger partial charge in [0.15, 0.2) is 0 Å². The van der Waals surface area contributed by atoms with Crippen molar-refractivity contribution >= 4 is 11.0 Å². The van der Waals surface area contributed by atoms with E-state index in [9.17, 15) is 4.39 Å². The van der Waals surface area contributed by atoms with Crippen LogP contribution in [0.4, 0.5) is 4.39 Å². The molecule has 1 saturated heterocycles. The summed E-state index contributed by atoms with van der Waals surface area (Å²) in [6.07, 6.45) is 3.46. The first-order chi connectivity index (χ1) is 13.7. The van der Waals surface area contributed by atoms with Gasteiger partial charge < -0.3 is 9.80 Å². The summed E-state index contributed by atoms with van der Waals surface area (Å²) in [4.78, 5) is 4.93. The molecule has 0 radical (unpaired) electrons. The van der Waals surface area contributed by atoms with Crippen LogP contribution in [0.25, 0.3) is 11.0 Å². The van der Waals surface area contributed by atoms with Crippen molar-refractivity contribution in [1.82, 2.24) is 20.1 Å². The Labute approximate surface area is 165 Å². The SMILES string of the molecule is CN(Cc1ccc2nonc2c1)CC1CCN(CCc2ccc(F)cc2)CC1. The highest BCUT2D eigenvalue weighted by Gasteiger charge is 2.20. The van der Waals surface area contributed by atoms with E-state index in [4.69, 9.17) is 4.63 Å². The fourth-order valence-corrected chi connectivity index (χ4v) is 4.07. The quantitative estimate of drug-likeness (QED) is 0.623. The van der Waals surface area contributed by atoms with Crippen molar-refractivity contribution in [3.05, 3.63) is 59.4 Å². The summed E-state index contributed by atoms with van der Waals surface area (Å²) >= 11 is 0. The molecular weight excluding hydrogens is 355 g/mol. The molecule has 5 nitrogen and oxygen atoms in total. The van der Waals surface area contributed by atoms with Crippen molar-refractivity contribution < 1.29 is 9.02 Å². The summed E-state index contributed by atoms with van der Waals surface area (Å²) in [5.74, 6) is 0.579. The van der Waals surface area contributed by atoms with Crippen LogP contribution in [0.3, 0.4) is 0 Å². The Kier molecular flexibility index (Phi) is 5.98. The van der Waals surface area contributed by atoms with Gasteiger partial charge in [-0.1, -0.05) is 18.2 Å². The zero-order chi connectivity index (χ0) is 19.3. The summed E-state index contributed by atoms with van der Waals surface area (Å²) in [6, 6.07) is 13.0. The fraction of sp³-hybridized carbons (Fsp3) is 0.455. The van der Waals surface area contributed by atoms with E-state index < -0.39 is 0 Å². The molecule has 3 aromatic rings. The Bertz CT molecular complexity index is 887. The molecule has 1 fully saturated rings. The Hall–Kier alpha value is -2.31. The molecule has 0 spiro atoms. The van der Waals surface area contributed by atoms with E-state index in [1.807, 2.05) is 18.2 Å². The summed E-state index contributed by atoms with van der Waals surface area (Å²) in [5, 5.41) is 7.78. The molecule has 0 saturated carbocycles. The standard InChI is InChI=1S/C22H27FN4O/c1-26(16-19-4-7-21-22(14-19)25-28-24-21)15-18-9-12-27(13-10-18)11-8-17-2-5-20(23)6-3-17/h2-7,14,18H,8-13,15-16H2,1H3. The van der Waals surface area contributed by atoms with Crippen molar-refractivity contribution in [3.8, 4) is 0 Å². The lowest BCUT2D eigenvalue weighted by molar-refractivity contribution is 0.153. The van der Waals surface area contributed by atoms with Crippen LogP contribution in [0, 0.1) is 11.7 Å². The number of halogens is 1. The van der Waals surface area contributed by atoms with Crippen LogP contribution < -0.4 is 0 Å². The molecule has 1 aliphatic rings. The Morgan fingerprint density at radius 2 is 1.75 bits per heavy atom. The second-order valence-corrected chi connectivity index (χ2v) is 7.95. The van der Waals surface area contributed by atoms with Gasteiger partial charge in [-0.3, -0.25) is 0 Å². The van der Waals surface area contributed by atoms with Crippen LogP contribution in [0.15, 0.2) is 47.1 Å². The van der Waals surface area contributed by atoms with E-state index in [1.165, 1.54) is 24.0 Å². The minimum Gasteiger partial charge on any atom is -0.303 e. The molecule has 4 rings (SSSR count). The number of rotatable bonds is 7. The monoisotopic (exact) mass is 382 g/mol. The molecule has 1 aromatic heterocycles. The van der Waals surface area contributed by atoms with Crippen molar-refractivity contribution in [1.29, 1.82) is 0 Å². The van der Waals surface area contributed by atoms with Gasteiger partial charge in [0.2, 0.25) is 0 Å². The van der Waals surface area contributed by atoms with Gasteiger partial charge in [-0.25, -0.2) is 9.02 Å². The first-order valence-corrected chi connectivity index (χ1v) is 10.0. The van der Waals surface area contributed by atoms with E-state index in [2.05, 4.69) is 39.3 Å². The minimum absolute atomic E-state index is 0.161. The second kappa shape index (κ2) is 8.80. The van der Waals surface area contributed by atoms with Crippen LogP contribution in [0.1, 0.15) is 24.0 Å². The summed E-state index contributed by atoms with van der Waals surface area (Å²) in [5.41, 5.74) is 4.07. The van der Waals surface area contributed by atoms with Crippen molar-refractivity contribution in [2.45, 2.75) is 25.8 Å². The molecule has 28 heavy (non-hydrogen) atoms. The third kappa shape index (κ3) is 4.94. The second-order valence-electron chi connectivity index (χ2n) is 7.95. The molecule has 2 aromatic carbocycles. The van der Waals surface area contributed by atoms with Gasteiger partial charge >= 0.3 is 0 Å². The van der Waals surface area contributed by atoms with Gasteiger partial charge in [0.1, 0.15) is 16.9 Å². The molecule has 6 heteroatoms. The zero-order valence-corrected chi connectivity index (χ0v) is 16.4. The van der Waals surface area contributed by atoms with Crippen molar-refractivity contribution in [2.24, 2.45) is 5.92 Å². The number of aromatic nitrogens is 2. The molecule has 0 atom stereocenters. The van der Waals surface area contributed by atoms with Crippen molar-refractivity contribution in [3.63, 3.8) is 0 Å². The van der Waals surface area contributed by atoms with Gasteiger partial charge in [-0.05, 0) is 91.0 Å². The molecule has 148 valence electrons. The molecule has 0 unspecified atom stereocenters. The number of nitrogens with zero attached hydrogens (tertiary/aromatic N) is 4. The average molecular weight is 382 g/mol. The largest absolute Gasteiger partial charge is 0.303 e. The number of piperidine rings is 1. The number of fused-ring (bicyclic) bond motifs is 1. The topological polar surface area (TPSA) is 45.4 Å². The number of hydrogen-bond acceptors (Lipinski definition) is 5. The average Bonchev–Trinajstić information content (AvgIpc) is 3.16. The Balaban J connectivity index is 1.19. The predicted octanol–water partition coefficient (Wildman–Crippen LogP) is 3.75. The number of likely N-dealkylation sites (tertiary alicyclic amines) is 1. The number of benzene rings is 2. The molecular formula is C22H27FN4O. The highest BCUT2D eigenvalue weighted by molar-refractivity contribution is 5.73. The molecule has 0 bridgehead atoms. The van der Waals surface area contributed by atoms with Gasteiger partial charge in [-0.2, -0.15) is 0 Å². The number of hydrogen-bond donors (Lipinski definition) is 0. The first-order valence-electron chi connectivity index (χ1n) is 10.0. The normalized spacial score (nSPS) is 16.2. The third-order valence-electron chi connectivity index (χ3n) is 5.68. The zero-order valence-electron chi connectivity index (χ0n) is 16.4. The molecule has 2 heterocycles. The summed E-state index contributed by atoms with van der Waals surface area (Å²) in [7, 11) is 2.19. The maximum absolute atomic E-state index is 13.0. The van der Waals surface area contributed by atoms with Crippen LogP contribution in [-0.2, 0) is 13.0 Å². The maximum Gasteiger partial charge on any atom is 0.135 e. The predicted molar refractivity (Wildman–Crippen MR) is 107 cm³/mol. The lowest BCUT2D eigenvalue weighted by Crippen LogP contribution is -2.38. The lowest BCUT2D eigenvalue weighted by Gasteiger charge is -2.34. The van der Waals surface area contributed by atoms with Gasteiger partial charge in [0.05, 0.1) is 0 Å². The minimum atomic E-state index is -0.161. The highest BCUT2D eigenvalue weighted by Crippen LogP contribution is 2.20. The Morgan fingerprint density at radius 1 is 1.04 bits per heavy atom. The first kappa shape index (κ1) is 19.0. The summed E-state index contributed by atoms with van der Waals surface area (Å²) in [6.45, 7) is 5.38. The Morgan fingerprint density at radius 3 is 2.54 bits per heavy atom. The molecule has 0 aliphatic carbocycles. The third-order valence-corrected chi connectivity index (χ3v) is 5.68. The van der Waals surface area contributed by atoms with E-state index in [0.717, 1.165) is 56.1 Å². The molecule has 1 aliphatic heterocycles. The lowest BCUT2D eigenvalue weighted by atomic mass is 9.95. The van der Waals surface area contributed by atoms with E-state index >= 15 is 0 Å². The maximum atomic E-state index is 13.0. The molecule has 0 N–H and O–H groups in total.